The topological polar surface area (TPSA) is 70.7 Å². The van der Waals surface area contributed by atoms with Gasteiger partial charge in [0.15, 0.2) is 0 Å². The first kappa shape index (κ1) is 13.6. The van der Waals surface area contributed by atoms with E-state index in [1.807, 2.05) is 31.2 Å². The van der Waals surface area contributed by atoms with Crippen molar-refractivity contribution >= 4 is 34.1 Å². The molecule has 0 aliphatic rings. The molecule has 0 saturated heterocycles. The number of amides is 1. The molecule has 0 aliphatic carbocycles. The summed E-state index contributed by atoms with van der Waals surface area (Å²) in [4.78, 5) is 16.5. The van der Waals surface area contributed by atoms with Gasteiger partial charge in [0.1, 0.15) is 16.7 Å². The minimum absolute atomic E-state index is 0.273. The van der Waals surface area contributed by atoms with Gasteiger partial charge in [-0.25, -0.2) is 4.98 Å². The molecule has 5 nitrogen and oxygen atoms in total. The largest absolute Gasteiger partial charge is 0.305 e. The monoisotopic (exact) mass is 300 g/mol. The van der Waals surface area contributed by atoms with Crippen molar-refractivity contribution in [1.82, 2.24) is 15.2 Å². The summed E-state index contributed by atoms with van der Waals surface area (Å²) in [6.45, 7) is 1.99. The first-order chi connectivity index (χ1) is 10.2. The number of carbonyl (C=O) groups excluding carboxylic acids is 1. The highest BCUT2D eigenvalue weighted by Crippen LogP contribution is 2.23. The minimum atomic E-state index is -0.318. The molecule has 3 aromatic rings. The fourth-order valence-electron chi connectivity index (χ4n) is 2.14. The first-order valence-corrected chi connectivity index (χ1v) is 6.95. The van der Waals surface area contributed by atoms with Crippen LogP contribution in [0.2, 0.25) is 5.15 Å². The Balaban J connectivity index is 1.95. The number of fused-ring (bicyclic) bond motifs is 1. The molecule has 2 heterocycles. The fourth-order valence-corrected chi connectivity index (χ4v) is 2.40. The third-order valence-corrected chi connectivity index (χ3v) is 3.55. The summed E-state index contributed by atoms with van der Waals surface area (Å²) in [5.74, 6) is 0.273. The van der Waals surface area contributed by atoms with Crippen molar-refractivity contribution in [3.63, 3.8) is 0 Å². The van der Waals surface area contributed by atoms with Crippen molar-refractivity contribution < 1.29 is 4.79 Å². The van der Waals surface area contributed by atoms with Gasteiger partial charge < -0.3 is 5.32 Å². The van der Waals surface area contributed by atoms with Crippen LogP contribution >= 0.6 is 11.6 Å². The van der Waals surface area contributed by atoms with Crippen molar-refractivity contribution in [2.24, 2.45) is 0 Å². The van der Waals surface area contributed by atoms with Gasteiger partial charge in [-0.2, -0.15) is 5.10 Å². The first-order valence-electron chi connectivity index (χ1n) is 6.58. The van der Waals surface area contributed by atoms with Gasteiger partial charge in [0, 0.05) is 10.9 Å². The molecule has 0 saturated carbocycles. The van der Waals surface area contributed by atoms with Crippen molar-refractivity contribution in [3.05, 3.63) is 52.9 Å². The van der Waals surface area contributed by atoms with E-state index < -0.39 is 0 Å². The van der Waals surface area contributed by atoms with Crippen LogP contribution in [0.4, 0.5) is 5.82 Å². The maximum Gasteiger partial charge on any atom is 0.275 e. The van der Waals surface area contributed by atoms with Crippen molar-refractivity contribution in [2.75, 3.05) is 5.32 Å². The maximum absolute atomic E-state index is 12.3. The average Bonchev–Trinajstić information content (AvgIpc) is 2.94. The van der Waals surface area contributed by atoms with E-state index in [1.54, 1.807) is 12.3 Å². The van der Waals surface area contributed by atoms with Crippen molar-refractivity contribution in [2.45, 2.75) is 13.3 Å². The highest BCUT2D eigenvalue weighted by Gasteiger charge is 2.13. The Morgan fingerprint density at radius 1 is 1.38 bits per heavy atom. The SMILES string of the molecule is CCc1cn[nH]c1NC(=O)c1cc2ccccc2c(Cl)n1. The van der Waals surface area contributed by atoms with E-state index >= 15 is 0 Å². The molecule has 0 atom stereocenters. The number of pyridine rings is 1. The number of H-pyrrole nitrogens is 1. The molecule has 0 aliphatic heterocycles. The lowest BCUT2D eigenvalue weighted by molar-refractivity contribution is 0.102. The molecule has 2 N–H and O–H groups in total. The molecule has 3 rings (SSSR count). The predicted molar refractivity (Wildman–Crippen MR) is 82.7 cm³/mol. The van der Waals surface area contributed by atoms with E-state index in [1.165, 1.54) is 0 Å². The second-order valence-corrected chi connectivity index (χ2v) is 4.96. The molecule has 2 aromatic heterocycles. The lowest BCUT2D eigenvalue weighted by Crippen LogP contribution is -2.15. The smallest absolute Gasteiger partial charge is 0.275 e. The van der Waals surface area contributed by atoms with E-state index in [2.05, 4.69) is 20.5 Å². The normalized spacial score (nSPS) is 10.8. The van der Waals surface area contributed by atoms with Gasteiger partial charge in [0.05, 0.1) is 6.20 Å². The van der Waals surface area contributed by atoms with Gasteiger partial charge in [-0.15, -0.1) is 0 Å². The summed E-state index contributed by atoms with van der Waals surface area (Å²) in [6, 6.07) is 9.26. The lowest BCUT2D eigenvalue weighted by Gasteiger charge is -2.06. The van der Waals surface area contributed by atoms with Crippen LogP contribution in [0.5, 0.6) is 0 Å². The van der Waals surface area contributed by atoms with Gasteiger partial charge in [-0.1, -0.05) is 42.8 Å². The summed E-state index contributed by atoms with van der Waals surface area (Å²) >= 11 is 6.14. The lowest BCUT2D eigenvalue weighted by atomic mass is 10.1. The van der Waals surface area contributed by atoms with Gasteiger partial charge in [0.2, 0.25) is 0 Å². The third-order valence-electron chi connectivity index (χ3n) is 3.26. The number of nitrogens with zero attached hydrogens (tertiary/aromatic N) is 2. The number of anilines is 1. The standard InChI is InChI=1S/C15H13ClN4O/c1-2-9-8-17-20-14(9)19-15(21)12-7-10-5-3-4-6-11(10)13(16)18-12/h3-8H,2H2,1H3,(H2,17,19,20,21). The van der Waals surface area contributed by atoms with E-state index in [0.29, 0.717) is 11.0 Å². The highest BCUT2D eigenvalue weighted by molar-refractivity contribution is 6.34. The number of aromatic amines is 1. The predicted octanol–water partition coefficient (Wildman–Crippen LogP) is 3.43. The molecule has 6 heteroatoms. The Kier molecular flexibility index (Phi) is 3.58. The summed E-state index contributed by atoms with van der Waals surface area (Å²) in [7, 11) is 0. The molecule has 1 amide bonds. The Morgan fingerprint density at radius 3 is 3.00 bits per heavy atom. The number of carbonyl (C=O) groups is 1. The van der Waals surface area contributed by atoms with Crippen LogP contribution < -0.4 is 5.32 Å². The molecule has 106 valence electrons. The number of aromatic nitrogens is 3. The fraction of sp³-hybridized carbons (Fsp3) is 0.133. The van der Waals surface area contributed by atoms with E-state index in [0.717, 1.165) is 22.8 Å². The van der Waals surface area contributed by atoms with E-state index in [9.17, 15) is 4.79 Å². The molecule has 21 heavy (non-hydrogen) atoms. The zero-order valence-corrected chi connectivity index (χ0v) is 12.1. The number of nitrogens with one attached hydrogen (secondary N) is 2. The summed E-state index contributed by atoms with van der Waals surface area (Å²) in [5, 5.41) is 11.5. The minimum Gasteiger partial charge on any atom is -0.305 e. The molecule has 1 aromatic carbocycles. The number of rotatable bonds is 3. The van der Waals surface area contributed by atoms with Crippen molar-refractivity contribution in [1.29, 1.82) is 0 Å². The van der Waals surface area contributed by atoms with Crippen LogP contribution in [0.1, 0.15) is 23.0 Å². The average molecular weight is 301 g/mol. The van der Waals surface area contributed by atoms with E-state index in [-0.39, 0.29) is 11.6 Å². The second kappa shape index (κ2) is 5.54. The maximum atomic E-state index is 12.3. The van der Waals surface area contributed by atoms with Gasteiger partial charge >= 0.3 is 0 Å². The molecular formula is C15H13ClN4O. The molecule has 0 bridgehead atoms. The Hall–Kier alpha value is -2.40. The van der Waals surface area contributed by atoms with Crippen LogP contribution in [0.25, 0.3) is 10.8 Å². The highest BCUT2D eigenvalue weighted by atomic mass is 35.5. The number of hydrogen-bond donors (Lipinski definition) is 2. The summed E-state index contributed by atoms with van der Waals surface area (Å²) in [5.41, 5.74) is 1.21. The molecular weight excluding hydrogens is 288 g/mol. The molecule has 0 fully saturated rings. The number of benzene rings is 1. The third kappa shape index (κ3) is 2.60. The van der Waals surface area contributed by atoms with Crippen molar-refractivity contribution in [3.8, 4) is 0 Å². The van der Waals surface area contributed by atoms with E-state index in [4.69, 9.17) is 11.6 Å². The molecule has 0 radical (unpaired) electrons. The molecule has 0 unspecified atom stereocenters. The Morgan fingerprint density at radius 2 is 2.19 bits per heavy atom. The van der Waals surface area contributed by atoms with Crippen LogP contribution in [0.3, 0.4) is 0 Å². The second-order valence-electron chi connectivity index (χ2n) is 4.60. The van der Waals surface area contributed by atoms with Crippen LogP contribution in [0, 0.1) is 0 Å². The quantitative estimate of drug-likeness (QED) is 0.728. The van der Waals surface area contributed by atoms with Crippen LogP contribution in [-0.2, 0) is 6.42 Å². The van der Waals surface area contributed by atoms with Gasteiger partial charge in [-0.3, -0.25) is 9.89 Å². The number of hydrogen-bond acceptors (Lipinski definition) is 3. The summed E-state index contributed by atoms with van der Waals surface area (Å²) in [6.07, 6.45) is 2.47. The molecule has 0 spiro atoms. The van der Waals surface area contributed by atoms with Crippen LogP contribution in [-0.4, -0.2) is 21.1 Å². The van der Waals surface area contributed by atoms with Crippen LogP contribution in [0.15, 0.2) is 36.5 Å². The van der Waals surface area contributed by atoms with Gasteiger partial charge in [-0.05, 0) is 17.9 Å². The summed E-state index contributed by atoms with van der Waals surface area (Å²) < 4.78 is 0. The number of halogens is 1. The van der Waals surface area contributed by atoms with Gasteiger partial charge in [0.25, 0.3) is 5.91 Å². The Labute approximate surface area is 126 Å². The number of aryl methyl sites for hydroxylation is 1. The zero-order chi connectivity index (χ0) is 14.8. The zero-order valence-electron chi connectivity index (χ0n) is 11.4. The Bertz CT molecular complexity index is 812.